The van der Waals surface area contributed by atoms with Crippen molar-refractivity contribution in [3.8, 4) is 0 Å². The molecule has 2 rings (SSSR count). The zero-order chi connectivity index (χ0) is 16.3. The maximum Gasteiger partial charge on any atom is 0.317 e. The number of ether oxygens (including phenoxy) is 1. The van der Waals surface area contributed by atoms with Crippen LogP contribution in [-0.2, 0) is 9.53 Å². The molecule has 22 heavy (non-hydrogen) atoms. The van der Waals surface area contributed by atoms with Crippen LogP contribution in [0, 0.1) is 6.92 Å². The molecule has 1 N–H and O–H groups in total. The minimum absolute atomic E-state index is 0.00888. The van der Waals surface area contributed by atoms with Crippen molar-refractivity contribution in [2.75, 3.05) is 39.8 Å². The lowest BCUT2D eigenvalue weighted by Crippen LogP contribution is -2.49. The first-order valence-electron chi connectivity index (χ1n) is 6.94. The standard InChI is InChI=1S/C14H19BrN2O4S/c1-9-5-11(13(15)22-9)14(20)17-3-4-21-10(7-17)6-16(2)8-12(18)19/h5,10H,3-4,6-8H2,1-2H3,(H,18,19). The van der Waals surface area contributed by atoms with E-state index in [0.29, 0.717) is 31.8 Å². The van der Waals surface area contributed by atoms with Crippen LogP contribution in [0.25, 0.3) is 0 Å². The van der Waals surface area contributed by atoms with Gasteiger partial charge in [0.25, 0.3) is 5.91 Å². The number of carbonyl (C=O) groups is 2. The molecule has 0 aliphatic carbocycles. The highest BCUT2D eigenvalue weighted by Crippen LogP contribution is 2.29. The summed E-state index contributed by atoms with van der Waals surface area (Å²) in [6.07, 6.45) is -0.166. The van der Waals surface area contributed by atoms with E-state index in [1.807, 2.05) is 13.0 Å². The summed E-state index contributed by atoms with van der Waals surface area (Å²) in [5.74, 6) is -0.880. The normalized spacial score (nSPS) is 18.7. The van der Waals surface area contributed by atoms with Gasteiger partial charge in [-0.2, -0.15) is 0 Å². The Labute approximate surface area is 141 Å². The van der Waals surface area contributed by atoms with Gasteiger partial charge in [0, 0.05) is 24.5 Å². The summed E-state index contributed by atoms with van der Waals surface area (Å²) in [6.45, 7) is 3.92. The Bertz CT molecular complexity index is 563. The van der Waals surface area contributed by atoms with Gasteiger partial charge in [0.15, 0.2) is 0 Å². The molecule has 6 nitrogen and oxygen atoms in total. The van der Waals surface area contributed by atoms with Gasteiger partial charge in [-0.1, -0.05) is 0 Å². The Morgan fingerprint density at radius 3 is 2.91 bits per heavy atom. The Morgan fingerprint density at radius 2 is 2.32 bits per heavy atom. The van der Waals surface area contributed by atoms with E-state index >= 15 is 0 Å². The summed E-state index contributed by atoms with van der Waals surface area (Å²) in [4.78, 5) is 27.8. The third-order valence-corrected chi connectivity index (χ3v) is 5.14. The van der Waals surface area contributed by atoms with Crippen LogP contribution in [0.3, 0.4) is 0 Å². The van der Waals surface area contributed by atoms with Gasteiger partial charge in [-0.25, -0.2) is 0 Å². The highest BCUT2D eigenvalue weighted by atomic mass is 79.9. The predicted octanol–water partition coefficient (Wildman–Crippen LogP) is 1.68. The Hall–Kier alpha value is -0.960. The number of carboxylic acids is 1. The number of morpholine rings is 1. The molecule has 1 fully saturated rings. The molecule has 1 aliphatic heterocycles. The SMILES string of the molecule is Cc1cc(C(=O)N2CCOC(CN(C)CC(=O)O)C2)c(Br)s1. The summed E-state index contributed by atoms with van der Waals surface area (Å²) >= 11 is 4.98. The quantitative estimate of drug-likeness (QED) is 0.827. The molecule has 0 radical (unpaired) electrons. The Balaban J connectivity index is 1.96. The molecule has 1 aliphatic rings. The van der Waals surface area contributed by atoms with E-state index in [1.165, 1.54) is 0 Å². The number of aliphatic carboxylic acids is 1. The van der Waals surface area contributed by atoms with Crippen molar-refractivity contribution >= 4 is 39.1 Å². The summed E-state index contributed by atoms with van der Waals surface area (Å²) in [5.41, 5.74) is 0.682. The van der Waals surface area contributed by atoms with E-state index < -0.39 is 5.97 Å². The minimum atomic E-state index is -0.871. The second-order valence-electron chi connectivity index (χ2n) is 5.38. The molecule has 1 atom stereocenters. The van der Waals surface area contributed by atoms with Crippen LogP contribution in [-0.4, -0.2) is 72.7 Å². The highest BCUT2D eigenvalue weighted by Gasteiger charge is 2.27. The van der Waals surface area contributed by atoms with Crippen LogP contribution in [0.2, 0.25) is 0 Å². The van der Waals surface area contributed by atoms with Gasteiger partial charge in [0.2, 0.25) is 0 Å². The third-order valence-electron chi connectivity index (χ3n) is 3.39. The molecule has 1 amide bonds. The fourth-order valence-corrected chi connectivity index (χ4v) is 4.22. The number of nitrogens with zero attached hydrogens (tertiary/aromatic N) is 2. The maximum absolute atomic E-state index is 12.6. The van der Waals surface area contributed by atoms with E-state index in [0.717, 1.165) is 8.66 Å². The fraction of sp³-hybridized carbons (Fsp3) is 0.571. The number of halogens is 1. The number of rotatable bonds is 5. The average molecular weight is 391 g/mol. The molecule has 0 bridgehead atoms. The third kappa shape index (κ3) is 4.52. The lowest BCUT2D eigenvalue weighted by atomic mass is 10.2. The number of thiophene rings is 1. The first-order chi connectivity index (χ1) is 10.4. The largest absolute Gasteiger partial charge is 0.480 e. The van der Waals surface area contributed by atoms with E-state index in [1.54, 1.807) is 28.2 Å². The van der Waals surface area contributed by atoms with Gasteiger partial charge in [-0.15, -0.1) is 11.3 Å². The molecule has 1 aromatic heterocycles. The number of aryl methyl sites for hydroxylation is 1. The Morgan fingerprint density at radius 1 is 1.59 bits per heavy atom. The number of likely N-dealkylation sites (N-methyl/N-ethyl adjacent to an activating group) is 1. The molecule has 1 aromatic rings. The van der Waals surface area contributed by atoms with Crippen molar-refractivity contribution in [2.45, 2.75) is 13.0 Å². The van der Waals surface area contributed by atoms with Crippen molar-refractivity contribution in [1.82, 2.24) is 9.80 Å². The topological polar surface area (TPSA) is 70.1 Å². The second kappa shape index (κ2) is 7.54. The summed E-state index contributed by atoms with van der Waals surface area (Å²) in [7, 11) is 1.73. The van der Waals surface area contributed by atoms with Crippen LogP contribution in [0.1, 0.15) is 15.2 Å². The van der Waals surface area contributed by atoms with E-state index in [4.69, 9.17) is 9.84 Å². The maximum atomic E-state index is 12.6. The van der Waals surface area contributed by atoms with E-state index in [9.17, 15) is 9.59 Å². The zero-order valence-corrected chi connectivity index (χ0v) is 14.9. The van der Waals surface area contributed by atoms with Crippen LogP contribution < -0.4 is 0 Å². The average Bonchev–Trinajstić information content (AvgIpc) is 2.76. The molecule has 0 aromatic carbocycles. The van der Waals surface area contributed by atoms with Crippen LogP contribution >= 0.6 is 27.3 Å². The molecule has 122 valence electrons. The predicted molar refractivity (Wildman–Crippen MR) is 87.5 cm³/mol. The smallest absolute Gasteiger partial charge is 0.317 e. The molecular weight excluding hydrogens is 372 g/mol. The van der Waals surface area contributed by atoms with Gasteiger partial charge in [0.05, 0.1) is 28.6 Å². The molecule has 1 unspecified atom stereocenters. The minimum Gasteiger partial charge on any atom is -0.480 e. The molecule has 2 heterocycles. The Kier molecular flexibility index (Phi) is 5.96. The monoisotopic (exact) mass is 390 g/mol. The lowest BCUT2D eigenvalue weighted by molar-refractivity contribution is -0.138. The van der Waals surface area contributed by atoms with Gasteiger partial charge in [-0.05, 0) is 36.0 Å². The number of amides is 1. The van der Waals surface area contributed by atoms with E-state index in [-0.39, 0.29) is 18.6 Å². The van der Waals surface area contributed by atoms with Crippen molar-refractivity contribution in [3.05, 3.63) is 20.3 Å². The van der Waals surface area contributed by atoms with Gasteiger partial charge in [-0.3, -0.25) is 14.5 Å². The van der Waals surface area contributed by atoms with Crippen LogP contribution in [0.5, 0.6) is 0 Å². The van der Waals surface area contributed by atoms with Crippen molar-refractivity contribution in [3.63, 3.8) is 0 Å². The zero-order valence-electron chi connectivity index (χ0n) is 12.5. The first-order valence-corrected chi connectivity index (χ1v) is 8.55. The van der Waals surface area contributed by atoms with Gasteiger partial charge >= 0.3 is 5.97 Å². The van der Waals surface area contributed by atoms with Gasteiger partial charge < -0.3 is 14.7 Å². The van der Waals surface area contributed by atoms with Crippen molar-refractivity contribution in [1.29, 1.82) is 0 Å². The fourth-order valence-electron chi connectivity index (χ4n) is 2.46. The second-order valence-corrected chi connectivity index (χ2v) is 7.95. The molecule has 1 saturated heterocycles. The molecule has 0 saturated carbocycles. The molecule has 8 heteroatoms. The van der Waals surface area contributed by atoms with Gasteiger partial charge in [0.1, 0.15) is 0 Å². The molecule has 0 spiro atoms. The van der Waals surface area contributed by atoms with Crippen LogP contribution in [0.15, 0.2) is 9.85 Å². The first kappa shape index (κ1) is 17.4. The van der Waals surface area contributed by atoms with E-state index in [2.05, 4.69) is 15.9 Å². The lowest BCUT2D eigenvalue weighted by Gasteiger charge is -2.34. The highest BCUT2D eigenvalue weighted by molar-refractivity contribution is 9.11. The van der Waals surface area contributed by atoms with Crippen LogP contribution in [0.4, 0.5) is 0 Å². The summed E-state index contributed by atoms with van der Waals surface area (Å²) in [6, 6.07) is 1.89. The summed E-state index contributed by atoms with van der Waals surface area (Å²) < 4.78 is 6.49. The number of hydrogen-bond acceptors (Lipinski definition) is 5. The summed E-state index contributed by atoms with van der Waals surface area (Å²) in [5, 5.41) is 8.78. The van der Waals surface area contributed by atoms with Crippen molar-refractivity contribution < 1.29 is 19.4 Å². The molecular formula is C14H19BrN2O4S. The van der Waals surface area contributed by atoms with Crippen molar-refractivity contribution in [2.24, 2.45) is 0 Å². The number of hydrogen-bond donors (Lipinski definition) is 1. The number of carbonyl (C=O) groups excluding carboxylic acids is 1. The number of carboxylic acid groups (broad SMARTS) is 1.